The molecule has 2 nitrogen and oxygen atoms in total. The van der Waals surface area contributed by atoms with Gasteiger partial charge in [0.15, 0.2) is 12.4 Å². The molecule has 184 valence electrons. The number of hydrogen-bond acceptors (Lipinski definition) is 2. The molecule has 2 heteroatoms. The Bertz CT molecular complexity index is 595. The molecule has 1 unspecified atom stereocenters. The molecule has 1 aliphatic rings. The average Bonchev–Trinajstić information content (AvgIpc) is 3.38. The topological polar surface area (TPSA) is 24.7 Å². The van der Waals surface area contributed by atoms with Gasteiger partial charge in [0.2, 0.25) is 6.17 Å². The first-order valence-corrected chi connectivity index (χ1v) is 14.4. The summed E-state index contributed by atoms with van der Waals surface area (Å²) in [7, 11) is 0. The zero-order chi connectivity index (χ0) is 23.2. The Morgan fingerprint density at radius 3 is 1.52 bits per heavy atom. The second-order valence-corrected chi connectivity index (χ2v) is 10.1. The smallest absolute Gasteiger partial charge is 0.0965 e. The minimum Gasteiger partial charge on any atom is -0.0965 e. The van der Waals surface area contributed by atoms with Gasteiger partial charge in [-0.05, 0) is 24.8 Å². The Morgan fingerprint density at radius 1 is 0.576 bits per heavy atom. The maximum absolute atomic E-state index is 4.51. The molecule has 0 amide bonds. The summed E-state index contributed by atoms with van der Waals surface area (Å²) in [5.41, 5.74) is 1.43. The summed E-state index contributed by atoms with van der Waals surface area (Å²) >= 11 is 0. The fourth-order valence-electron chi connectivity index (χ4n) is 4.97. The zero-order valence-corrected chi connectivity index (χ0v) is 21.7. The molecule has 2 rings (SSSR count). The number of hydrogen-bond donors (Lipinski definition) is 0. The highest BCUT2D eigenvalue weighted by Crippen LogP contribution is 2.29. The number of benzene rings is 1. The van der Waals surface area contributed by atoms with Crippen molar-refractivity contribution >= 4 is 12.4 Å². The number of aryl methyl sites for hydroxylation is 1. The normalized spacial score (nSPS) is 13.8. The molecule has 1 heterocycles. The van der Waals surface area contributed by atoms with Gasteiger partial charge in [-0.2, -0.15) is 0 Å². The molecule has 1 aromatic rings. The molecule has 0 spiro atoms. The van der Waals surface area contributed by atoms with Crippen molar-refractivity contribution in [2.24, 2.45) is 15.9 Å². The third kappa shape index (κ3) is 14.3. The minimum absolute atomic E-state index is 0.511. The van der Waals surface area contributed by atoms with Crippen LogP contribution in [0.1, 0.15) is 134 Å². The number of aliphatic imine (C=N–C) groups is 2. The monoisotopic (exact) mass is 451 g/mol. The Labute approximate surface area is 205 Å². The molecule has 0 aromatic heterocycles. The summed E-state index contributed by atoms with van der Waals surface area (Å²) in [6.07, 6.45) is 32.6. The van der Waals surface area contributed by atoms with Crippen LogP contribution in [0.5, 0.6) is 0 Å². The van der Waals surface area contributed by atoms with Gasteiger partial charge in [-0.25, -0.2) is 0 Å². The van der Waals surface area contributed by atoms with Crippen molar-refractivity contribution in [3.8, 4) is 0 Å². The number of rotatable bonds is 22. The van der Waals surface area contributed by atoms with Crippen LogP contribution in [0, 0.1) is 12.1 Å². The maximum Gasteiger partial charge on any atom is 0.243 e. The lowest BCUT2D eigenvalue weighted by Crippen LogP contribution is -2.09. The van der Waals surface area contributed by atoms with Crippen LogP contribution < -0.4 is 0 Å². The summed E-state index contributed by atoms with van der Waals surface area (Å²) < 4.78 is 0. The van der Waals surface area contributed by atoms with Crippen molar-refractivity contribution in [2.45, 2.75) is 135 Å². The lowest BCUT2D eigenvalue weighted by molar-refractivity contribution is 0.430. The molecule has 1 aromatic carbocycles. The Balaban J connectivity index is 1.39. The summed E-state index contributed by atoms with van der Waals surface area (Å²) in [6, 6.07) is 10.8. The first-order chi connectivity index (χ1) is 16.4. The molecule has 33 heavy (non-hydrogen) atoms. The van der Waals surface area contributed by atoms with Gasteiger partial charge in [0.1, 0.15) is 0 Å². The highest BCUT2D eigenvalue weighted by molar-refractivity contribution is 6.18. The van der Waals surface area contributed by atoms with E-state index in [1.165, 1.54) is 121 Å². The van der Waals surface area contributed by atoms with Crippen molar-refractivity contribution in [1.82, 2.24) is 0 Å². The van der Waals surface area contributed by atoms with Crippen LogP contribution in [0.2, 0.25) is 0 Å². The minimum atomic E-state index is 0.511. The number of nitrogens with zero attached hydrogens (tertiary/aromatic N) is 2. The summed E-state index contributed by atoms with van der Waals surface area (Å²) in [5, 5.41) is 0. The van der Waals surface area contributed by atoms with Crippen LogP contribution >= 0.6 is 0 Å². The summed E-state index contributed by atoms with van der Waals surface area (Å²) in [6.45, 7) is 2.30. The van der Waals surface area contributed by atoms with Crippen molar-refractivity contribution in [1.29, 1.82) is 0 Å². The van der Waals surface area contributed by atoms with Crippen LogP contribution in [0.25, 0.3) is 0 Å². The largest absolute Gasteiger partial charge is 0.243 e. The molecule has 0 saturated heterocycles. The fraction of sp³-hybridized carbons (Fsp3) is 0.710. The molecule has 0 bridgehead atoms. The van der Waals surface area contributed by atoms with Crippen LogP contribution in [0.4, 0.5) is 0 Å². The average molecular weight is 452 g/mol. The Hall–Kier alpha value is -1.57. The molecule has 1 atom stereocenters. The second-order valence-electron chi connectivity index (χ2n) is 10.1. The number of unbranched alkanes of at least 4 members (excludes halogenated alkanes) is 16. The van der Waals surface area contributed by atoms with Gasteiger partial charge in [0.25, 0.3) is 0 Å². The van der Waals surface area contributed by atoms with Gasteiger partial charge in [0.05, 0.1) is 5.92 Å². The first-order valence-electron chi connectivity index (χ1n) is 14.4. The molecule has 0 saturated carbocycles. The SMILES string of the molecule is CCCCCCCCCCCCCCCCCCCC(CCc1ccccc1)[C+]1N=CC=N1. The molecule has 0 aliphatic carbocycles. The second kappa shape index (κ2) is 19.9. The van der Waals surface area contributed by atoms with E-state index in [9.17, 15) is 0 Å². The predicted octanol–water partition coefficient (Wildman–Crippen LogP) is 9.92. The van der Waals surface area contributed by atoms with Crippen LogP contribution in [0.3, 0.4) is 0 Å². The van der Waals surface area contributed by atoms with E-state index in [1.54, 1.807) is 0 Å². The van der Waals surface area contributed by atoms with Gasteiger partial charge in [-0.3, -0.25) is 0 Å². The highest BCUT2D eigenvalue weighted by atomic mass is 15.0. The van der Waals surface area contributed by atoms with Gasteiger partial charge < -0.3 is 0 Å². The maximum atomic E-state index is 4.51. The highest BCUT2D eigenvalue weighted by Gasteiger charge is 2.28. The predicted molar refractivity (Wildman–Crippen MR) is 147 cm³/mol. The van der Waals surface area contributed by atoms with Crippen LogP contribution in [-0.4, -0.2) is 12.4 Å². The van der Waals surface area contributed by atoms with E-state index >= 15 is 0 Å². The van der Waals surface area contributed by atoms with Crippen molar-refractivity contribution in [3.05, 3.63) is 42.1 Å². The standard InChI is InChI=1S/C31H51N2/c1-2-3-4-5-6-7-8-9-10-11-12-13-14-15-16-17-21-24-30(31-32-27-28-33-31)26-25-29-22-19-18-20-23-29/h18-20,22-23,27-28,30H,2-17,21,24-26H2,1H3/q+1. The Morgan fingerprint density at radius 2 is 1.03 bits per heavy atom. The molecule has 0 N–H and O–H groups in total. The first kappa shape index (κ1) is 27.7. The zero-order valence-electron chi connectivity index (χ0n) is 21.7. The lowest BCUT2D eigenvalue weighted by atomic mass is 9.91. The molecular weight excluding hydrogens is 400 g/mol. The quantitative estimate of drug-likeness (QED) is 0.124. The van der Waals surface area contributed by atoms with E-state index in [-0.39, 0.29) is 0 Å². The van der Waals surface area contributed by atoms with Gasteiger partial charge in [0, 0.05) is 0 Å². The molecule has 0 radical (unpaired) electrons. The van der Waals surface area contributed by atoms with E-state index in [0.29, 0.717) is 5.92 Å². The van der Waals surface area contributed by atoms with Crippen molar-refractivity contribution in [3.63, 3.8) is 0 Å². The van der Waals surface area contributed by atoms with E-state index in [2.05, 4.69) is 47.2 Å². The molecule has 0 fully saturated rings. The van der Waals surface area contributed by atoms with Crippen molar-refractivity contribution in [2.75, 3.05) is 0 Å². The van der Waals surface area contributed by atoms with Gasteiger partial charge in [-0.15, -0.1) is 0 Å². The lowest BCUT2D eigenvalue weighted by Gasteiger charge is -2.14. The Kier molecular flexibility index (Phi) is 16.7. The fourth-order valence-corrected chi connectivity index (χ4v) is 4.97. The van der Waals surface area contributed by atoms with E-state index < -0.39 is 0 Å². The van der Waals surface area contributed by atoms with Gasteiger partial charge >= 0.3 is 0 Å². The van der Waals surface area contributed by atoms with E-state index in [4.69, 9.17) is 0 Å². The molecular formula is C31H51N2+. The van der Waals surface area contributed by atoms with E-state index in [1.807, 2.05) is 12.4 Å². The van der Waals surface area contributed by atoms with Crippen LogP contribution in [0.15, 0.2) is 40.3 Å². The van der Waals surface area contributed by atoms with Crippen LogP contribution in [-0.2, 0) is 6.42 Å². The third-order valence-electron chi connectivity index (χ3n) is 7.13. The summed E-state index contributed by atoms with van der Waals surface area (Å²) in [5.74, 6) is 0.511. The van der Waals surface area contributed by atoms with E-state index in [0.717, 1.165) is 19.0 Å². The van der Waals surface area contributed by atoms with Gasteiger partial charge in [-0.1, -0.05) is 156 Å². The summed E-state index contributed by atoms with van der Waals surface area (Å²) in [4.78, 5) is 9.03. The third-order valence-corrected chi connectivity index (χ3v) is 7.13. The van der Waals surface area contributed by atoms with Crippen molar-refractivity contribution < 1.29 is 0 Å². The molecule has 1 aliphatic heterocycles.